The lowest BCUT2D eigenvalue weighted by Crippen LogP contribution is -2.33. The Balaban J connectivity index is 1.93. The first-order valence-corrected chi connectivity index (χ1v) is 10.4. The third-order valence-corrected chi connectivity index (χ3v) is 6.41. The number of carbonyl (C=O) groups is 1. The molecule has 146 valence electrons. The van der Waals surface area contributed by atoms with Crippen LogP contribution in [0.3, 0.4) is 0 Å². The Labute approximate surface area is 161 Å². The number of benzene rings is 2. The second-order valence-corrected chi connectivity index (χ2v) is 8.59. The summed E-state index contributed by atoms with van der Waals surface area (Å²) < 4.78 is 26.2. The quantitative estimate of drug-likeness (QED) is 0.726. The highest BCUT2D eigenvalue weighted by molar-refractivity contribution is 7.89. The lowest BCUT2D eigenvalue weighted by atomic mass is 10.1. The summed E-state index contributed by atoms with van der Waals surface area (Å²) in [4.78, 5) is 12.3. The van der Waals surface area contributed by atoms with E-state index in [1.54, 1.807) is 19.2 Å². The Morgan fingerprint density at radius 1 is 1.00 bits per heavy atom. The number of anilines is 2. The number of sulfonamides is 1. The number of hydrogen-bond donors (Lipinski definition) is 2. The second kappa shape index (κ2) is 9.01. The fourth-order valence-electron chi connectivity index (χ4n) is 2.40. The summed E-state index contributed by atoms with van der Waals surface area (Å²) >= 11 is 0. The summed E-state index contributed by atoms with van der Waals surface area (Å²) in [6.45, 7) is 5.81. The number of rotatable bonds is 8. The molecular formula is C20H27N3O3S. The Bertz CT molecular complexity index is 860. The minimum Gasteiger partial charge on any atom is -0.376 e. The minimum absolute atomic E-state index is 0.0908. The van der Waals surface area contributed by atoms with Gasteiger partial charge in [-0.3, -0.25) is 4.79 Å². The Morgan fingerprint density at radius 2 is 1.56 bits per heavy atom. The molecule has 27 heavy (non-hydrogen) atoms. The second-order valence-electron chi connectivity index (χ2n) is 6.59. The SMILES string of the molecule is CCc1ccc(NC(=O)CNc2ccc(S(=O)(=O)N(C)C(C)C)cc2)cc1. The average molecular weight is 390 g/mol. The van der Waals surface area contributed by atoms with Crippen LogP contribution >= 0.6 is 0 Å². The third kappa shape index (κ3) is 5.55. The number of nitrogens with one attached hydrogen (secondary N) is 2. The number of carbonyl (C=O) groups excluding carboxylic acids is 1. The average Bonchev–Trinajstić information content (AvgIpc) is 2.66. The van der Waals surface area contributed by atoms with Gasteiger partial charge in [0.15, 0.2) is 0 Å². The van der Waals surface area contributed by atoms with Crippen LogP contribution in [0.5, 0.6) is 0 Å². The first-order chi connectivity index (χ1) is 12.7. The number of nitrogens with zero attached hydrogens (tertiary/aromatic N) is 1. The first-order valence-electron chi connectivity index (χ1n) is 8.94. The number of amides is 1. The van der Waals surface area contributed by atoms with Gasteiger partial charge in [-0.15, -0.1) is 0 Å². The molecule has 2 rings (SSSR count). The van der Waals surface area contributed by atoms with Gasteiger partial charge in [-0.25, -0.2) is 8.42 Å². The van der Waals surface area contributed by atoms with E-state index in [2.05, 4.69) is 17.6 Å². The largest absolute Gasteiger partial charge is 0.376 e. The highest BCUT2D eigenvalue weighted by Crippen LogP contribution is 2.19. The molecule has 0 radical (unpaired) electrons. The first kappa shape index (κ1) is 20.9. The van der Waals surface area contributed by atoms with E-state index in [1.807, 2.05) is 38.1 Å². The molecule has 0 aliphatic carbocycles. The van der Waals surface area contributed by atoms with Crippen LogP contribution < -0.4 is 10.6 Å². The molecule has 7 heteroatoms. The van der Waals surface area contributed by atoms with E-state index in [9.17, 15) is 13.2 Å². The van der Waals surface area contributed by atoms with Crippen molar-refractivity contribution in [1.82, 2.24) is 4.31 Å². The van der Waals surface area contributed by atoms with Gasteiger partial charge in [-0.2, -0.15) is 4.31 Å². The fourth-order valence-corrected chi connectivity index (χ4v) is 3.77. The van der Waals surface area contributed by atoms with E-state index in [-0.39, 0.29) is 23.4 Å². The lowest BCUT2D eigenvalue weighted by Gasteiger charge is -2.21. The highest BCUT2D eigenvalue weighted by Gasteiger charge is 2.22. The van der Waals surface area contributed by atoms with Crippen molar-refractivity contribution in [3.8, 4) is 0 Å². The normalized spacial score (nSPS) is 11.6. The molecule has 6 nitrogen and oxygen atoms in total. The zero-order valence-corrected chi connectivity index (χ0v) is 17.0. The molecule has 0 atom stereocenters. The van der Waals surface area contributed by atoms with E-state index in [0.29, 0.717) is 5.69 Å². The molecule has 0 heterocycles. The summed E-state index contributed by atoms with van der Waals surface area (Å²) in [5, 5.41) is 5.82. The molecule has 0 aromatic heterocycles. The minimum atomic E-state index is -3.51. The summed E-state index contributed by atoms with van der Waals surface area (Å²) in [6, 6.07) is 14.0. The molecule has 2 aromatic rings. The van der Waals surface area contributed by atoms with Crippen molar-refractivity contribution < 1.29 is 13.2 Å². The van der Waals surface area contributed by atoms with Gasteiger partial charge in [0.2, 0.25) is 15.9 Å². The molecule has 1 amide bonds. The Hall–Kier alpha value is -2.38. The van der Waals surface area contributed by atoms with Gasteiger partial charge in [0.25, 0.3) is 0 Å². The van der Waals surface area contributed by atoms with Crippen molar-refractivity contribution >= 4 is 27.3 Å². The van der Waals surface area contributed by atoms with E-state index in [0.717, 1.165) is 12.1 Å². The van der Waals surface area contributed by atoms with Gasteiger partial charge in [-0.05, 0) is 62.2 Å². The van der Waals surface area contributed by atoms with E-state index >= 15 is 0 Å². The van der Waals surface area contributed by atoms with Crippen LogP contribution in [0.2, 0.25) is 0 Å². The van der Waals surface area contributed by atoms with Gasteiger partial charge >= 0.3 is 0 Å². The van der Waals surface area contributed by atoms with Crippen molar-refractivity contribution in [2.24, 2.45) is 0 Å². The van der Waals surface area contributed by atoms with Crippen molar-refractivity contribution in [2.45, 2.75) is 38.1 Å². The Kier molecular flexibility index (Phi) is 6.98. The van der Waals surface area contributed by atoms with Crippen molar-refractivity contribution in [3.63, 3.8) is 0 Å². The maximum absolute atomic E-state index is 12.4. The van der Waals surface area contributed by atoms with Crippen LogP contribution in [0.15, 0.2) is 53.4 Å². The summed E-state index contributed by atoms with van der Waals surface area (Å²) in [5.74, 6) is -0.171. The van der Waals surface area contributed by atoms with Crippen LogP contribution in [0.4, 0.5) is 11.4 Å². The van der Waals surface area contributed by atoms with Crippen molar-refractivity contribution in [1.29, 1.82) is 0 Å². The van der Waals surface area contributed by atoms with Gasteiger partial charge in [-0.1, -0.05) is 19.1 Å². The van der Waals surface area contributed by atoms with Crippen LogP contribution in [-0.2, 0) is 21.2 Å². The third-order valence-electron chi connectivity index (χ3n) is 4.36. The molecule has 0 fully saturated rings. The van der Waals surface area contributed by atoms with E-state index in [1.165, 1.54) is 22.0 Å². The van der Waals surface area contributed by atoms with Crippen LogP contribution in [-0.4, -0.2) is 38.3 Å². The molecule has 0 aliphatic heterocycles. The topological polar surface area (TPSA) is 78.5 Å². The molecule has 0 spiro atoms. The molecule has 0 saturated heterocycles. The number of aryl methyl sites for hydroxylation is 1. The van der Waals surface area contributed by atoms with Gasteiger partial charge < -0.3 is 10.6 Å². The van der Waals surface area contributed by atoms with Gasteiger partial charge in [0.05, 0.1) is 11.4 Å². The summed E-state index contributed by atoms with van der Waals surface area (Å²) in [7, 11) is -1.95. The molecule has 2 aromatic carbocycles. The van der Waals surface area contributed by atoms with E-state index < -0.39 is 10.0 Å². The molecule has 0 bridgehead atoms. The molecule has 0 unspecified atom stereocenters. The van der Waals surface area contributed by atoms with Gasteiger partial charge in [0.1, 0.15) is 0 Å². The molecule has 0 aliphatic rings. The zero-order chi connectivity index (χ0) is 20.0. The van der Waals surface area contributed by atoms with Gasteiger partial charge in [0, 0.05) is 24.5 Å². The molecule has 2 N–H and O–H groups in total. The summed E-state index contributed by atoms with van der Waals surface area (Å²) in [5.41, 5.74) is 2.64. The Morgan fingerprint density at radius 3 is 2.07 bits per heavy atom. The van der Waals surface area contributed by atoms with Crippen molar-refractivity contribution in [3.05, 3.63) is 54.1 Å². The molecule has 0 saturated carbocycles. The standard InChI is InChI=1S/C20H27N3O3S/c1-5-16-6-8-18(9-7-16)22-20(24)14-21-17-10-12-19(13-11-17)27(25,26)23(4)15(2)3/h6-13,15,21H,5,14H2,1-4H3,(H,22,24). The number of hydrogen-bond acceptors (Lipinski definition) is 4. The van der Waals surface area contributed by atoms with Crippen LogP contribution in [0.25, 0.3) is 0 Å². The van der Waals surface area contributed by atoms with Crippen LogP contribution in [0, 0.1) is 0 Å². The van der Waals surface area contributed by atoms with Crippen LogP contribution in [0.1, 0.15) is 26.3 Å². The fraction of sp³-hybridized carbons (Fsp3) is 0.350. The zero-order valence-electron chi connectivity index (χ0n) is 16.2. The summed E-state index contributed by atoms with van der Waals surface area (Å²) in [6.07, 6.45) is 0.953. The highest BCUT2D eigenvalue weighted by atomic mass is 32.2. The van der Waals surface area contributed by atoms with E-state index in [4.69, 9.17) is 0 Å². The molecular weight excluding hydrogens is 362 g/mol. The predicted octanol–water partition coefficient (Wildman–Crippen LogP) is 3.33. The maximum atomic E-state index is 12.4. The lowest BCUT2D eigenvalue weighted by molar-refractivity contribution is -0.114. The maximum Gasteiger partial charge on any atom is 0.243 e. The van der Waals surface area contributed by atoms with Crippen molar-refractivity contribution in [2.75, 3.05) is 24.2 Å². The smallest absolute Gasteiger partial charge is 0.243 e. The predicted molar refractivity (Wildman–Crippen MR) is 109 cm³/mol. The monoisotopic (exact) mass is 389 g/mol.